The topological polar surface area (TPSA) is 237 Å². The van der Waals surface area contributed by atoms with E-state index in [1.165, 1.54) is 96.3 Å². The van der Waals surface area contributed by atoms with Crippen LogP contribution in [0.3, 0.4) is 0 Å². The molecule has 3 N–H and O–H groups in total. The molecule has 19 heteroatoms. The minimum absolute atomic E-state index is 0.0137. The maximum Gasteiger partial charge on any atom is 0.472 e. The van der Waals surface area contributed by atoms with Gasteiger partial charge < -0.3 is 33.8 Å². The molecule has 104 heavy (non-hydrogen) atoms. The number of phosphoric ester groups is 2. The number of ether oxygens (including phenoxy) is 4. The third-order valence-corrected chi connectivity index (χ3v) is 18.5. The highest BCUT2D eigenvalue weighted by atomic mass is 31.2. The van der Waals surface area contributed by atoms with E-state index in [0.29, 0.717) is 38.5 Å². The molecule has 0 aromatic rings. The third kappa shape index (κ3) is 75.4. The summed E-state index contributed by atoms with van der Waals surface area (Å²) in [5.74, 6) is -2.33. The van der Waals surface area contributed by atoms with Crippen molar-refractivity contribution in [2.24, 2.45) is 0 Å². The molecule has 0 amide bonds. The number of allylic oxidation sites excluding steroid dienone is 22. The van der Waals surface area contributed by atoms with Gasteiger partial charge in [-0.2, -0.15) is 0 Å². The van der Waals surface area contributed by atoms with Crippen LogP contribution in [0.4, 0.5) is 0 Å². The predicted molar refractivity (Wildman–Crippen MR) is 427 cm³/mol. The number of unbranched alkanes of at least 4 members (excludes halogenated alkanes) is 27. The van der Waals surface area contributed by atoms with Gasteiger partial charge in [-0.25, -0.2) is 9.13 Å². The number of rotatable bonds is 75. The molecule has 0 heterocycles. The van der Waals surface area contributed by atoms with Crippen molar-refractivity contribution < 1.29 is 80.2 Å². The lowest BCUT2D eigenvalue weighted by molar-refractivity contribution is -0.161. The smallest absolute Gasteiger partial charge is 0.462 e. The van der Waals surface area contributed by atoms with Crippen molar-refractivity contribution in [3.63, 3.8) is 0 Å². The summed E-state index contributed by atoms with van der Waals surface area (Å²) >= 11 is 0. The molecule has 17 nitrogen and oxygen atoms in total. The Balaban J connectivity index is 5.48. The zero-order valence-electron chi connectivity index (χ0n) is 65.2. The van der Waals surface area contributed by atoms with Gasteiger partial charge in [-0.1, -0.05) is 271 Å². The number of esters is 4. The van der Waals surface area contributed by atoms with Crippen molar-refractivity contribution in [2.75, 3.05) is 39.6 Å². The fraction of sp³-hybridized carbons (Fsp3) is 0.694. The first-order valence-corrected chi connectivity index (χ1v) is 43.4. The molecular formula is C85H144O17P2. The molecule has 0 fully saturated rings. The molecule has 0 aliphatic carbocycles. The average Bonchev–Trinajstić information content (AvgIpc) is 0.909. The van der Waals surface area contributed by atoms with Gasteiger partial charge in [0, 0.05) is 25.7 Å². The Hall–Kier alpha value is -4.80. The Morgan fingerprint density at radius 3 is 0.798 bits per heavy atom. The van der Waals surface area contributed by atoms with Crippen molar-refractivity contribution in [3.05, 3.63) is 134 Å². The first kappa shape index (κ1) is 99.2. The molecule has 2 unspecified atom stereocenters. The summed E-state index contributed by atoms with van der Waals surface area (Å²) in [6, 6.07) is 0. The normalized spacial score (nSPS) is 14.6. The minimum Gasteiger partial charge on any atom is -0.462 e. The maximum absolute atomic E-state index is 13.1. The molecule has 0 aliphatic heterocycles. The summed E-state index contributed by atoms with van der Waals surface area (Å²) in [5.41, 5.74) is 0. The van der Waals surface area contributed by atoms with E-state index >= 15 is 0 Å². The number of carbonyl (C=O) groups is 4. The largest absolute Gasteiger partial charge is 0.472 e. The van der Waals surface area contributed by atoms with Gasteiger partial charge >= 0.3 is 39.5 Å². The molecule has 0 aliphatic rings. The van der Waals surface area contributed by atoms with Crippen LogP contribution in [0, 0.1) is 0 Å². The van der Waals surface area contributed by atoms with Crippen LogP contribution in [0.1, 0.15) is 323 Å². The van der Waals surface area contributed by atoms with Gasteiger partial charge in [-0.05, 0) is 161 Å². The van der Waals surface area contributed by atoms with E-state index in [1.54, 1.807) is 0 Å². The Bertz CT molecular complexity index is 2490. The lowest BCUT2D eigenvalue weighted by atomic mass is 10.1. The van der Waals surface area contributed by atoms with E-state index in [1.807, 2.05) is 24.3 Å². The number of hydrogen-bond donors (Lipinski definition) is 3. The van der Waals surface area contributed by atoms with Crippen LogP contribution in [0.2, 0.25) is 0 Å². The van der Waals surface area contributed by atoms with E-state index in [0.717, 1.165) is 135 Å². The predicted octanol–water partition coefficient (Wildman–Crippen LogP) is 23.7. The second-order valence-electron chi connectivity index (χ2n) is 26.6. The lowest BCUT2D eigenvalue weighted by Crippen LogP contribution is -2.30. The van der Waals surface area contributed by atoms with E-state index in [9.17, 15) is 43.2 Å². The third-order valence-electron chi connectivity index (χ3n) is 16.6. The Morgan fingerprint density at radius 2 is 0.481 bits per heavy atom. The second-order valence-corrected chi connectivity index (χ2v) is 29.5. The molecular weight excluding hydrogens is 1350 g/mol. The highest BCUT2D eigenvalue weighted by Crippen LogP contribution is 2.45. The minimum atomic E-state index is -5.00. The SMILES string of the molecule is CCCCC/C=C\C/C=C\C/C=C\C/C=C\CCCC(=O)OC[C@H](COP(=O)(O)OC[C@H](O)COP(=O)(O)OC[C@@H](COC(=O)CCCCCCC/C=C\CCCCCCCC)OC(=O)CCC/C=C\C/C=C\C/C=C\C/C=C\CCCCC)OC(=O)CCCCCCC/C=C\C/C=C\CCCCC. The number of aliphatic hydroxyl groups excluding tert-OH is 1. The van der Waals surface area contributed by atoms with Crippen LogP contribution in [-0.2, 0) is 65.4 Å². The van der Waals surface area contributed by atoms with Gasteiger partial charge in [-0.3, -0.25) is 37.3 Å². The van der Waals surface area contributed by atoms with Gasteiger partial charge in [0.15, 0.2) is 12.2 Å². The van der Waals surface area contributed by atoms with Crippen molar-refractivity contribution in [1.29, 1.82) is 0 Å². The fourth-order valence-electron chi connectivity index (χ4n) is 10.3. The van der Waals surface area contributed by atoms with Gasteiger partial charge in [-0.15, -0.1) is 0 Å². The van der Waals surface area contributed by atoms with Gasteiger partial charge in [0.05, 0.1) is 26.4 Å². The molecule has 0 rings (SSSR count). The molecule has 0 radical (unpaired) electrons. The maximum atomic E-state index is 13.1. The molecule has 596 valence electrons. The van der Waals surface area contributed by atoms with Crippen molar-refractivity contribution in [1.82, 2.24) is 0 Å². The van der Waals surface area contributed by atoms with Crippen LogP contribution < -0.4 is 0 Å². The lowest BCUT2D eigenvalue weighted by Gasteiger charge is -2.21. The summed E-state index contributed by atoms with van der Waals surface area (Å²) < 4.78 is 68.5. The highest BCUT2D eigenvalue weighted by Gasteiger charge is 2.30. The van der Waals surface area contributed by atoms with Crippen molar-refractivity contribution >= 4 is 39.5 Å². The van der Waals surface area contributed by atoms with Crippen LogP contribution in [0.5, 0.6) is 0 Å². The quantitative estimate of drug-likeness (QED) is 0.0169. The zero-order chi connectivity index (χ0) is 76.0. The summed E-state index contributed by atoms with van der Waals surface area (Å²) in [6.07, 6.45) is 85.8. The number of carbonyl (C=O) groups excluding carboxylic acids is 4. The summed E-state index contributed by atoms with van der Waals surface area (Å²) in [4.78, 5) is 73.0. The van der Waals surface area contributed by atoms with Crippen LogP contribution in [0.25, 0.3) is 0 Å². The summed E-state index contributed by atoms with van der Waals surface area (Å²) in [5, 5.41) is 10.6. The second kappa shape index (κ2) is 76.4. The van der Waals surface area contributed by atoms with Gasteiger partial charge in [0.25, 0.3) is 0 Å². The Labute approximate surface area is 631 Å². The molecule has 0 bridgehead atoms. The van der Waals surface area contributed by atoms with E-state index in [2.05, 4.69) is 137 Å². The zero-order valence-corrected chi connectivity index (χ0v) is 66.9. The first-order chi connectivity index (χ1) is 50.7. The van der Waals surface area contributed by atoms with E-state index < -0.39 is 97.5 Å². The monoisotopic (exact) mass is 1500 g/mol. The molecule has 5 atom stereocenters. The first-order valence-electron chi connectivity index (χ1n) is 40.4. The Morgan fingerprint density at radius 1 is 0.269 bits per heavy atom. The summed E-state index contributed by atoms with van der Waals surface area (Å²) in [6.45, 7) is 4.65. The highest BCUT2D eigenvalue weighted by molar-refractivity contribution is 7.47. The molecule has 0 saturated carbocycles. The van der Waals surface area contributed by atoms with Crippen molar-refractivity contribution in [2.45, 2.75) is 341 Å². The van der Waals surface area contributed by atoms with Crippen LogP contribution >= 0.6 is 15.6 Å². The number of aliphatic hydroxyl groups is 1. The molecule has 0 spiro atoms. The molecule has 0 saturated heterocycles. The molecule has 0 aromatic carbocycles. The van der Waals surface area contributed by atoms with Gasteiger partial charge in [0.2, 0.25) is 0 Å². The van der Waals surface area contributed by atoms with E-state index in [-0.39, 0.29) is 25.7 Å². The van der Waals surface area contributed by atoms with Crippen LogP contribution in [0.15, 0.2) is 134 Å². The average molecular weight is 1500 g/mol. The van der Waals surface area contributed by atoms with Crippen LogP contribution in [-0.4, -0.2) is 96.7 Å². The summed E-state index contributed by atoms with van der Waals surface area (Å²) in [7, 11) is -10.0. The standard InChI is InChI=1S/C85H144O17P2/c1-5-9-13-17-21-25-29-33-37-39-43-46-50-54-58-62-66-70-83(88)96-76-80(101-84(89)71-67-63-59-55-51-47-42-36-32-28-24-20-16-12-8-4)77-99-103(91,92)97-73-79(86)74-98-104(93,94)100-78-81(75-95-82(87)69-65-61-57-53-49-45-41-35-31-27-23-19-15-11-7-3)102-85(90)72-68-64-60-56-52-48-44-40-38-34-30-26-22-18-14-10-6-2/h21-22,24-26,28,33-38,41-44,46,48,54,56,58,60,79-81,86H,5-20,23,27,29-32,39-40,45,47,49-53,55,57,59,61-78H2,1-4H3,(H,91,92)(H,93,94)/b25-21-,26-22-,28-24-,37-33-,38-34-,41-35-,42-36-,46-43-,48-44-,58-54-,60-56-/t79-,80+,81+/m0/s1. The van der Waals surface area contributed by atoms with Crippen molar-refractivity contribution in [3.8, 4) is 0 Å². The van der Waals surface area contributed by atoms with E-state index in [4.69, 9.17) is 37.0 Å². The van der Waals surface area contributed by atoms with Gasteiger partial charge in [0.1, 0.15) is 19.3 Å². The molecule has 0 aromatic heterocycles. The fourth-order valence-corrected chi connectivity index (χ4v) is 11.9. The Kier molecular flexibility index (Phi) is 72.9. The number of hydrogen-bond acceptors (Lipinski definition) is 15. The number of phosphoric acid groups is 2.